The highest BCUT2D eigenvalue weighted by molar-refractivity contribution is 5.84. The molecule has 3 aliphatic heterocycles. The highest BCUT2D eigenvalue weighted by Gasteiger charge is 2.45. The molecule has 0 spiro atoms. The molecule has 1 aliphatic carbocycles. The number of rotatable bonds is 6. The maximum Gasteiger partial charge on any atom is 0.309 e. The molecule has 5 heteroatoms. The molecule has 4 heterocycles. The molecule has 0 amide bonds. The van der Waals surface area contributed by atoms with Gasteiger partial charge in [0.25, 0.3) is 0 Å². The number of carbonyl (C=O) groups excluding carboxylic acids is 1. The molecule has 29 heavy (non-hydrogen) atoms. The van der Waals surface area contributed by atoms with E-state index in [9.17, 15) is 4.79 Å². The van der Waals surface area contributed by atoms with Gasteiger partial charge in [-0.1, -0.05) is 6.08 Å². The zero-order valence-corrected chi connectivity index (χ0v) is 16.9. The molecule has 0 N–H and O–H groups in total. The van der Waals surface area contributed by atoms with E-state index in [0.29, 0.717) is 11.8 Å². The van der Waals surface area contributed by atoms with Crippen LogP contribution in [0.3, 0.4) is 0 Å². The van der Waals surface area contributed by atoms with E-state index in [-0.39, 0.29) is 24.0 Å². The quantitative estimate of drug-likeness (QED) is 0.546. The van der Waals surface area contributed by atoms with Gasteiger partial charge < -0.3 is 9.47 Å². The number of nitrogens with zero attached hydrogens (tertiary/aromatic N) is 2. The Hall–Kier alpha value is -2.40. The molecular formula is C24H28N2O3. The van der Waals surface area contributed by atoms with Crippen molar-refractivity contribution in [2.45, 2.75) is 37.8 Å². The lowest BCUT2D eigenvalue weighted by Gasteiger charge is -2.51. The summed E-state index contributed by atoms with van der Waals surface area (Å²) in [7, 11) is 1.67. The molecule has 152 valence electrons. The van der Waals surface area contributed by atoms with Gasteiger partial charge in [0.05, 0.1) is 24.6 Å². The first kappa shape index (κ1) is 18.6. The molecular weight excluding hydrogens is 364 g/mol. The molecule has 2 bridgehead atoms. The van der Waals surface area contributed by atoms with Crippen molar-refractivity contribution >= 4 is 16.9 Å². The van der Waals surface area contributed by atoms with Crippen LogP contribution >= 0.6 is 0 Å². The normalized spacial score (nSPS) is 29.4. The van der Waals surface area contributed by atoms with Crippen LogP contribution in [-0.4, -0.2) is 42.1 Å². The number of ether oxygens (including phenoxy) is 2. The fourth-order valence-corrected chi connectivity index (χ4v) is 5.10. The van der Waals surface area contributed by atoms with Crippen LogP contribution in [0.25, 0.3) is 10.9 Å². The Kier molecular flexibility index (Phi) is 4.78. The first-order valence-corrected chi connectivity index (χ1v) is 10.7. The van der Waals surface area contributed by atoms with Crippen molar-refractivity contribution in [2.75, 3.05) is 20.2 Å². The van der Waals surface area contributed by atoms with Gasteiger partial charge in [-0.3, -0.25) is 14.7 Å². The van der Waals surface area contributed by atoms with Gasteiger partial charge in [-0.25, -0.2) is 0 Å². The number of esters is 1. The number of methoxy groups -OCH3 is 1. The van der Waals surface area contributed by atoms with Crippen molar-refractivity contribution in [1.82, 2.24) is 9.88 Å². The summed E-state index contributed by atoms with van der Waals surface area (Å²) in [5.74, 6) is 1.97. The fourth-order valence-electron chi connectivity index (χ4n) is 5.10. The highest BCUT2D eigenvalue weighted by atomic mass is 16.5. The maximum atomic E-state index is 12.7. The SMILES string of the molecule is C=C[C@@H]1CN2CC[C@H]1C[C@H]2[C@@H](OC(=O)C1CC1)c1ccnc2ccc(OC)cc12. The third-order valence-electron chi connectivity index (χ3n) is 6.95. The van der Waals surface area contributed by atoms with Gasteiger partial charge in [0.1, 0.15) is 11.9 Å². The summed E-state index contributed by atoms with van der Waals surface area (Å²) in [5, 5.41) is 1.00. The smallest absolute Gasteiger partial charge is 0.309 e. The fraction of sp³-hybridized carbons (Fsp3) is 0.500. The van der Waals surface area contributed by atoms with E-state index >= 15 is 0 Å². The van der Waals surface area contributed by atoms with Crippen molar-refractivity contribution in [3.05, 3.63) is 48.7 Å². The van der Waals surface area contributed by atoms with Crippen LogP contribution in [0.2, 0.25) is 0 Å². The van der Waals surface area contributed by atoms with E-state index in [1.165, 1.54) is 6.42 Å². The molecule has 1 saturated carbocycles. The van der Waals surface area contributed by atoms with Gasteiger partial charge in [0.2, 0.25) is 0 Å². The number of aromatic nitrogens is 1. The standard InChI is InChI=1S/C24H28N2O3/c1-3-15-14-26-11-9-17(15)12-22(26)23(29-24(27)16-4-5-16)19-8-10-25-21-7-6-18(28-2)13-20(19)21/h3,6-8,10,13,15-17,22-23H,1,4-5,9,11-12,14H2,2H3/t15-,17+,22+,23+/m1/s1. The lowest BCUT2D eigenvalue weighted by molar-refractivity contribution is -0.158. The Morgan fingerprint density at radius 2 is 2.17 bits per heavy atom. The van der Waals surface area contributed by atoms with Crippen molar-refractivity contribution in [3.8, 4) is 5.75 Å². The summed E-state index contributed by atoms with van der Waals surface area (Å²) in [6.45, 7) is 6.10. The molecule has 4 aliphatic rings. The van der Waals surface area contributed by atoms with Crippen LogP contribution in [0.5, 0.6) is 5.75 Å². The second-order valence-electron chi connectivity index (χ2n) is 8.66. The Morgan fingerprint density at radius 3 is 2.86 bits per heavy atom. The third-order valence-corrected chi connectivity index (χ3v) is 6.95. The van der Waals surface area contributed by atoms with E-state index in [4.69, 9.17) is 9.47 Å². The Balaban J connectivity index is 1.55. The predicted octanol–water partition coefficient (Wildman–Crippen LogP) is 4.13. The number of piperidine rings is 3. The van der Waals surface area contributed by atoms with E-state index < -0.39 is 0 Å². The van der Waals surface area contributed by atoms with E-state index in [0.717, 1.165) is 54.6 Å². The number of benzene rings is 1. The van der Waals surface area contributed by atoms with Crippen molar-refractivity contribution in [1.29, 1.82) is 0 Å². The van der Waals surface area contributed by atoms with E-state index in [1.54, 1.807) is 7.11 Å². The highest BCUT2D eigenvalue weighted by Crippen LogP contribution is 2.44. The molecule has 6 rings (SSSR count). The molecule has 1 aromatic carbocycles. The number of fused-ring (bicyclic) bond motifs is 4. The average molecular weight is 392 g/mol. The van der Waals surface area contributed by atoms with Crippen molar-refractivity contribution < 1.29 is 14.3 Å². The minimum absolute atomic E-state index is 0.0502. The predicted molar refractivity (Wildman–Crippen MR) is 112 cm³/mol. The van der Waals surface area contributed by atoms with Gasteiger partial charge in [0.15, 0.2) is 0 Å². The molecule has 0 radical (unpaired) electrons. The molecule has 2 aromatic rings. The van der Waals surface area contributed by atoms with Crippen LogP contribution < -0.4 is 4.74 Å². The first-order valence-electron chi connectivity index (χ1n) is 10.7. The Bertz CT molecular complexity index is 939. The lowest BCUT2D eigenvalue weighted by Crippen LogP contribution is -2.55. The van der Waals surface area contributed by atoms with Gasteiger partial charge in [-0.05, 0) is 68.3 Å². The van der Waals surface area contributed by atoms with Gasteiger partial charge in [-0.2, -0.15) is 0 Å². The third kappa shape index (κ3) is 3.42. The van der Waals surface area contributed by atoms with Crippen molar-refractivity contribution in [3.63, 3.8) is 0 Å². The van der Waals surface area contributed by atoms with Crippen LogP contribution in [0.4, 0.5) is 0 Å². The first-order chi connectivity index (χ1) is 14.2. The zero-order valence-electron chi connectivity index (χ0n) is 16.9. The average Bonchev–Trinajstić information content (AvgIpc) is 3.62. The maximum absolute atomic E-state index is 12.7. The van der Waals surface area contributed by atoms with Gasteiger partial charge >= 0.3 is 5.97 Å². The minimum atomic E-state index is -0.283. The van der Waals surface area contributed by atoms with Crippen LogP contribution in [0.1, 0.15) is 37.4 Å². The zero-order chi connectivity index (χ0) is 20.0. The largest absolute Gasteiger partial charge is 0.497 e. The number of hydrogen-bond donors (Lipinski definition) is 0. The van der Waals surface area contributed by atoms with Crippen molar-refractivity contribution in [2.24, 2.45) is 17.8 Å². The summed E-state index contributed by atoms with van der Waals surface area (Å²) < 4.78 is 11.7. The Morgan fingerprint density at radius 1 is 1.31 bits per heavy atom. The summed E-state index contributed by atoms with van der Waals surface area (Å²) in [6, 6.07) is 8.12. The monoisotopic (exact) mass is 392 g/mol. The van der Waals surface area contributed by atoms with E-state index in [1.807, 2.05) is 30.5 Å². The molecule has 1 unspecified atom stereocenters. The molecule has 5 nitrogen and oxygen atoms in total. The lowest BCUT2D eigenvalue weighted by atomic mass is 9.73. The van der Waals surface area contributed by atoms with Gasteiger partial charge in [-0.15, -0.1) is 6.58 Å². The Labute approximate surface area is 171 Å². The summed E-state index contributed by atoms with van der Waals surface area (Å²) >= 11 is 0. The number of carbonyl (C=O) groups is 1. The van der Waals surface area contributed by atoms with E-state index in [2.05, 4.69) is 22.5 Å². The van der Waals surface area contributed by atoms with Gasteiger partial charge in [0, 0.05) is 23.7 Å². The summed E-state index contributed by atoms with van der Waals surface area (Å²) in [6.07, 6.45) is 7.77. The molecule has 5 atom stereocenters. The van der Waals surface area contributed by atoms with Crippen LogP contribution in [-0.2, 0) is 9.53 Å². The number of hydrogen-bond acceptors (Lipinski definition) is 5. The summed E-state index contributed by atoms with van der Waals surface area (Å²) in [4.78, 5) is 19.7. The molecule has 1 aromatic heterocycles. The topological polar surface area (TPSA) is 51.7 Å². The molecule has 4 fully saturated rings. The summed E-state index contributed by atoms with van der Waals surface area (Å²) in [5.41, 5.74) is 1.94. The second kappa shape index (κ2) is 7.45. The van der Waals surface area contributed by atoms with Crippen LogP contribution in [0.15, 0.2) is 43.1 Å². The number of pyridine rings is 1. The molecule has 3 saturated heterocycles. The second-order valence-corrected chi connectivity index (χ2v) is 8.66. The minimum Gasteiger partial charge on any atom is -0.497 e. The van der Waals surface area contributed by atoms with Crippen LogP contribution in [0, 0.1) is 17.8 Å².